The van der Waals surface area contributed by atoms with Crippen LogP contribution in [0.25, 0.3) is 0 Å². The first-order valence-electron chi connectivity index (χ1n) is 7.28. The Morgan fingerprint density at radius 1 is 1.50 bits per heavy atom. The Balaban J connectivity index is 1.99. The lowest BCUT2D eigenvalue weighted by atomic mass is 9.61. The predicted molar refractivity (Wildman–Crippen MR) is 78.2 cm³/mol. The number of nitrogens with zero attached hydrogens (tertiary/aromatic N) is 1. The van der Waals surface area contributed by atoms with E-state index in [4.69, 9.17) is 0 Å². The molecule has 1 aromatic rings. The highest BCUT2D eigenvalue weighted by atomic mass is 16.4. The lowest BCUT2D eigenvalue weighted by Gasteiger charge is -2.46. The van der Waals surface area contributed by atoms with E-state index < -0.39 is 5.97 Å². The summed E-state index contributed by atoms with van der Waals surface area (Å²) in [7, 11) is 0. The van der Waals surface area contributed by atoms with Crippen LogP contribution in [0, 0.1) is 17.3 Å². The molecule has 0 aromatic carbocycles. The molecule has 2 rings (SSSR count). The van der Waals surface area contributed by atoms with E-state index in [9.17, 15) is 9.90 Å². The van der Waals surface area contributed by atoms with E-state index in [-0.39, 0.29) is 11.3 Å². The average Bonchev–Trinajstić information content (AvgIpc) is 2.41. The summed E-state index contributed by atoms with van der Waals surface area (Å²) in [6.07, 6.45) is 5.30. The molecule has 3 atom stereocenters. The van der Waals surface area contributed by atoms with Crippen molar-refractivity contribution in [3.63, 3.8) is 0 Å². The molecule has 1 aliphatic carbocycles. The summed E-state index contributed by atoms with van der Waals surface area (Å²) in [6.45, 7) is 7.11. The molecular formula is C16H24N2O2. The van der Waals surface area contributed by atoms with Crippen LogP contribution in [0.4, 0.5) is 0 Å². The molecule has 1 saturated carbocycles. The minimum absolute atomic E-state index is 0.184. The number of rotatable bonds is 4. The maximum Gasteiger partial charge on any atom is 0.307 e. The molecule has 1 aromatic heterocycles. The summed E-state index contributed by atoms with van der Waals surface area (Å²) in [5.41, 5.74) is 0.981. The zero-order valence-corrected chi connectivity index (χ0v) is 12.5. The van der Waals surface area contributed by atoms with Gasteiger partial charge in [0.2, 0.25) is 0 Å². The average molecular weight is 276 g/mol. The zero-order valence-electron chi connectivity index (χ0n) is 12.5. The summed E-state index contributed by atoms with van der Waals surface area (Å²) in [5.74, 6) is -0.574. The molecule has 0 aliphatic heterocycles. The van der Waals surface area contributed by atoms with Gasteiger partial charge in [0.1, 0.15) is 0 Å². The number of hydrogen-bond donors (Lipinski definition) is 2. The van der Waals surface area contributed by atoms with Gasteiger partial charge >= 0.3 is 5.97 Å². The van der Waals surface area contributed by atoms with E-state index in [1.165, 1.54) is 0 Å². The highest BCUT2D eigenvalue weighted by Crippen LogP contribution is 2.45. The van der Waals surface area contributed by atoms with Crippen LogP contribution >= 0.6 is 0 Å². The van der Waals surface area contributed by atoms with E-state index in [0.717, 1.165) is 24.9 Å². The topological polar surface area (TPSA) is 62.2 Å². The lowest BCUT2D eigenvalue weighted by Crippen LogP contribution is -2.50. The van der Waals surface area contributed by atoms with Crippen molar-refractivity contribution >= 4 is 5.97 Å². The fraction of sp³-hybridized carbons (Fsp3) is 0.625. The Kier molecular flexibility index (Phi) is 4.43. The molecule has 3 unspecified atom stereocenters. The Labute approximate surface area is 120 Å². The third-order valence-corrected chi connectivity index (χ3v) is 5.03. The minimum Gasteiger partial charge on any atom is -0.481 e. The zero-order chi connectivity index (χ0) is 14.8. The molecule has 1 aliphatic rings. The molecule has 0 amide bonds. The van der Waals surface area contributed by atoms with Crippen LogP contribution in [0.15, 0.2) is 24.5 Å². The normalized spacial score (nSPS) is 29.1. The number of nitrogens with one attached hydrogen (secondary N) is 1. The number of hydrogen-bond acceptors (Lipinski definition) is 3. The molecule has 4 heteroatoms. The van der Waals surface area contributed by atoms with Gasteiger partial charge in [0.15, 0.2) is 0 Å². The highest BCUT2D eigenvalue weighted by molar-refractivity contribution is 5.71. The van der Waals surface area contributed by atoms with E-state index in [0.29, 0.717) is 12.0 Å². The summed E-state index contributed by atoms with van der Waals surface area (Å²) in [6, 6.07) is 4.35. The molecule has 0 spiro atoms. The third kappa shape index (κ3) is 3.01. The van der Waals surface area contributed by atoms with Gasteiger partial charge < -0.3 is 10.4 Å². The first-order chi connectivity index (χ1) is 9.43. The Bertz CT molecular complexity index is 459. The molecule has 2 N–H and O–H groups in total. The van der Waals surface area contributed by atoms with Crippen molar-refractivity contribution in [3.8, 4) is 0 Å². The van der Waals surface area contributed by atoms with E-state index >= 15 is 0 Å². The van der Waals surface area contributed by atoms with Crippen LogP contribution < -0.4 is 5.32 Å². The summed E-state index contributed by atoms with van der Waals surface area (Å²) in [4.78, 5) is 15.5. The standard InChI is InChI=1S/C16H24N2O2/c1-11-14(18-10-12-5-4-8-17-9-12)7-6-13(15(19)20)16(11,2)3/h4-5,8-9,11,13-14,18H,6-7,10H2,1-3H3,(H,19,20). The van der Waals surface area contributed by atoms with Gasteiger partial charge in [0.25, 0.3) is 0 Å². The SMILES string of the molecule is CC1C(NCc2cccnc2)CCC(C(=O)O)C1(C)C. The Morgan fingerprint density at radius 3 is 2.85 bits per heavy atom. The van der Waals surface area contributed by atoms with Crippen molar-refractivity contribution in [2.45, 2.75) is 46.2 Å². The van der Waals surface area contributed by atoms with Crippen LogP contribution in [0.3, 0.4) is 0 Å². The number of carboxylic acids is 1. The van der Waals surface area contributed by atoms with Crippen molar-refractivity contribution in [1.82, 2.24) is 10.3 Å². The molecule has 0 bridgehead atoms. The third-order valence-electron chi connectivity index (χ3n) is 5.03. The van der Waals surface area contributed by atoms with Crippen LogP contribution in [0.2, 0.25) is 0 Å². The highest BCUT2D eigenvalue weighted by Gasteiger charge is 2.45. The summed E-state index contributed by atoms with van der Waals surface area (Å²) < 4.78 is 0. The molecule has 20 heavy (non-hydrogen) atoms. The second kappa shape index (κ2) is 5.92. The van der Waals surface area contributed by atoms with Gasteiger partial charge in [-0.05, 0) is 35.8 Å². The minimum atomic E-state index is -0.660. The molecule has 1 fully saturated rings. The Hall–Kier alpha value is -1.42. The molecule has 0 saturated heterocycles. The van der Waals surface area contributed by atoms with Crippen molar-refractivity contribution < 1.29 is 9.90 Å². The summed E-state index contributed by atoms with van der Waals surface area (Å²) in [5, 5.41) is 12.9. The largest absolute Gasteiger partial charge is 0.481 e. The van der Waals surface area contributed by atoms with Gasteiger partial charge in [0, 0.05) is 25.0 Å². The van der Waals surface area contributed by atoms with Crippen molar-refractivity contribution in [1.29, 1.82) is 0 Å². The van der Waals surface area contributed by atoms with E-state index in [1.54, 1.807) is 6.20 Å². The first-order valence-corrected chi connectivity index (χ1v) is 7.28. The quantitative estimate of drug-likeness (QED) is 0.887. The second-order valence-electron chi connectivity index (χ2n) is 6.43. The first kappa shape index (κ1) is 15.0. The van der Waals surface area contributed by atoms with Crippen molar-refractivity contribution in [3.05, 3.63) is 30.1 Å². The molecule has 0 radical (unpaired) electrons. The number of carbonyl (C=O) groups is 1. The van der Waals surface area contributed by atoms with Gasteiger partial charge in [-0.2, -0.15) is 0 Å². The predicted octanol–water partition coefficient (Wildman–Crippen LogP) is 2.70. The van der Waals surface area contributed by atoms with Gasteiger partial charge in [0.05, 0.1) is 5.92 Å². The molecular weight excluding hydrogens is 252 g/mol. The number of carboxylic acid groups (broad SMARTS) is 1. The smallest absolute Gasteiger partial charge is 0.307 e. The fourth-order valence-electron chi connectivity index (χ4n) is 3.28. The second-order valence-corrected chi connectivity index (χ2v) is 6.43. The van der Waals surface area contributed by atoms with Crippen LogP contribution in [-0.4, -0.2) is 22.1 Å². The monoisotopic (exact) mass is 276 g/mol. The summed E-state index contributed by atoms with van der Waals surface area (Å²) >= 11 is 0. The number of pyridine rings is 1. The fourth-order valence-corrected chi connectivity index (χ4v) is 3.28. The molecule has 110 valence electrons. The molecule has 1 heterocycles. The maximum atomic E-state index is 11.4. The number of aromatic nitrogens is 1. The van der Waals surface area contributed by atoms with E-state index in [2.05, 4.69) is 37.1 Å². The van der Waals surface area contributed by atoms with Gasteiger partial charge in [-0.1, -0.05) is 26.8 Å². The van der Waals surface area contributed by atoms with Crippen LogP contribution in [0.1, 0.15) is 39.2 Å². The molecule has 4 nitrogen and oxygen atoms in total. The number of aliphatic carboxylic acids is 1. The van der Waals surface area contributed by atoms with E-state index in [1.807, 2.05) is 12.3 Å². The van der Waals surface area contributed by atoms with Crippen LogP contribution in [0.5, 0.6) is 0 Å². The van der Waals surface area contributed by atoms with Crippen molar-refractivity contribution in [2.75, 3.05) is 0 Å². The van der Waals surface area contributed by atoms with Gasteiger partial charge in [-0.3, -0.25) is 9.78 Å². The van der Waals surface area contributed by atoms with Gasteiger partial charge in [-0.15, -0.1) is 0 Å². The Morgan fingerprint density at radius 2 is 2.25 bits per heavy atom. The van der Waals surface area contributed by atoms with Crippen molar-refractivity contribution in [2.24, 2.45) is 17.3 Å². The van der Waals surface area contributed by atoms with Gasteiger partial charge in [-0.25, -0.2) is 0 Å². The van der Waals surface area contributed by atoms with Crippen LogP contribution in [-0.2, 0) is 11.3 Å². The lowest BCUT2D eigenvalue weighted by molar-refractivity contribution is -0.150. The maximum absolute atomic E-state index is 11.4.